The summed E-state index contributed by atoms with van der Waals surface area (Å²) in [7, 11) is 0. The molecule has 2 rings (SSSR count). The van der Waals surface area contributed by atoms with Crippen LogP contribution in [0.2, 0.25) is 0 Å². The Morgan fingerprint density at radius 2 is 1.68 bits per heavy atom. The van der Waals surface area contributed by atoms with Crippen LogP contribution in [0.3, 0.4) is 0 Å². The number of imide groups is 1. The van der Waals surface area contributed by atoms with Crippen molar-refractivity contribution < 1.29 is 14.4 Å². The van der Waals surface area contributed by atoms with Gasteiger partial charge in [-0.1, -0.05) is 12.1 Å². The minimum absolute atomic E-state index is 0.248. The molecule has 0 aliphatic carbocycles. The van der Waals surface area contributed by atoms with Gasteiger partial charge < -0.3 is 0 Å². The van der Waals surface area contributed by atoms with Crippen LogP contribution in [0.15, 0.2) is 24.3 Å². The Balaban J connectivity index is 1.92. The number of benzene rings is 1. The third-order valence-electron chi connectivity index (χ3n) is 3.07. The van der Waals surface area contributed by atoms with E-state index in [0.717, 1.165) is 0 Å². The van der Waals surface area contributed by atoms with E-state index in [9.17, 15) is 14.4 Å². The number of fused-ring (bicyclic) bond motifs is 1. The Hall–Kier alpha value is -2.21. The zero-order chi connectivity index (χ0) is 13.8. The van der Waals surface area contributed by atoms with E-state index in [1.54, 1.807) is 24.3 Å². The highest BCUT2D eigenvalue weighted by molar-refractivity contribution is 6.21. The van der Waals surface area contributed by atoms with E-state index in [1.807, 2.05) is 5.43 Å². The third kappa shape index (κ3) is 2.63. The first kappa shape index (κ1) is 13.2. The molecule has 0 spiro atoms. The molecular formula is C13H15N3O3. The van der Waals surface area contributed by atoms with Crippen LogP contribution in [-0.4, -0.2) is 29.2 Å². The van der Waals surface area contributed by atoms with E-state index in [2.05, 4.69) is 0 Å². The summed E-state index contributed by atoms with van der Waals surface area (Å²) in [6.07, 6.45) is 1.45. The number of carbonyl (C=O) groups is 3. The topological polar surface area (TPSA) is 92.5 Å². The van der Waals surface area contributed by atoms with Crippen LogP contribution in [0, 0.1) is 0 Å². The predicted octanol–water partition coefficient (Wildman–Crippen LogP) is 0.443. The molecule has 0 fully saturated rings. The lowest BCUT2D eigenvalue weighted by Crippen LogP contribution is -2.32. The molecule has 6 nitrogen and oxygen atoms in total. The summed E-state index contributed by atoms with van der Waals surface area (Å²) in [4.78, 5) is 36.2. The molecule has 0 aromatic heterocycles. The van der Waals surface area contributed by atoms with E-state index in [4.69, 9.17) is 5.84 Å². The molecule has 0 radical (unpaired) electrons. The van der Waals surface area contributed by atoms with Crippen molar-refractivity contribution in [3.8, 4) is 0 Å². The Morgan fingerprint density at radius 3 is 2.21 bits per heavy atom. The number of hydrogen-bond donors (Lipinski definition) is 2. The largest absolute Gasteiger partial charge is 0.294 e. The smallest absolute Gasteiger partial charge is 0.261 e. The van der Waals surface area contributed by atoms with Gasteiger partial charge in [0.05, 0.1) is 11.1 Å². The van der Waals surface area contributed by atoms with Gasteiger partial charge in [0.1, 0.15) is 0 Å². The summed E-state index contributed by atoms with van der Waals surface area (Å²) < 4.78 is 0. The van der Waals surface area contributed by atoms with Crippen LogP contribution in [0.4, 0.5) is 0 Å². The number of hydrazine groups is 1. The van der Waals surface area contributed by atoms with Crippen molar-refractivity contribution in [1.29, 1.82) is 0 Å². The average Bonchev–Trinajstić information content (AvgIpc) is 2.68. The van der Waals surface area contributed by atoms with Crippen LogP contribution in [-0.2, 0) is 4.79 Å². The molecule has 1 aliphatic heterocycles. The number of nitrogens with zero attached hydrogens (tertiary/aromatic N) is 1. The highest BCUT2D eigenvalue weighted by Gasteiger charge is 2.34. The predicted molar refractivity (Wildman–Crippen MR) is 68.0 cm³/mol. The number of rotatable bonds is 5. The second-order valence-corrected chi connectivity index (χ2v) is 4.33. The van der Waals surface area contributed by atoms with Gasteiger partial charge in [0, 0.05) is 13.0 Å². The summed E-state index contributed by atoms with van der Waals surface area (Å²) in [6, 6.07) is 6.77. The SMILES string of the molecule is NNC(=O)CCCCN1C(=O)c2ccccc2C1=O. The fourth-order valence-corrected chi connectivity index (χ4v) is 2.07. The van der Waals surface area contributed by atoms with Gasteiger partial charge in [0.25, 0.3) is 11.8 Å². The second kappa shape index (κ2) is 5.62. The van der Waals surface area contributed by atoms with Gasteiger partial charge in [0.2, 0.25) is 5.91 Å². The quantitative estimate of drug-likeness (QED) is 0.264. The molecule has 100 valence electrons. The van der Waals surface area contributed by atoms with Crippen molar-refractivity contribution in [1.82, 2.24) is 10.3 Å². The van der Waals surface area contributed by atoms with Crippen molar-refractivity contribution >= 4 is 17.7 Å². The first-order chi connectivity index (χ1) is 9.15. The summed E-state index contributed by atoms with van der Waals surface area (Å²) in [6.45, 7) is 0.324. The molecule has 0 saturated carbocycles. The molecule has 19 heavy (non-hydrogen) atoms. The third-order valence-corrected chi connectivity index (χ3v) is 3.07. The van der Waals surface area contributed by atoms with Crippen LogP contribution >= 0.6 is 0 Å². The summed E-state index contributed by atoms with van der Waals surface area (Å²) in [5, 5.41) is 0. The summed E-state index contributed by atoms with van der Waals surface area (Å²) in [5.41, 5.74) is 2.94. The zero-order valence-electron chi connectivity index (χ0n) is 10.4. The van der Waals surface area contributed by atoms with Gasteiger partial charge in [-0.25, -0.2) is 5.84 Å². The monoisotopic (exact) mass is 261 g/mol. The van der Waals surface area contributed by atoms with Gasteiger partial charge in [-0.3, -0.25) is 24.7 Å². The van der Waals surface area contributed by atoms with E-state index >= 15 is 0 Å². The number of nitrogens with two attached hydrogens (primary N) is 1. The lowest BCUT2D eigenvalue weighted by Gasteiger charge is -2.13. The maximum Gasteiger partial charge on any atom is 0.261 e. The molecule has 0 bridgehead atoms. The fraction of sp³-hybridized carbons (Fsp3) is 0.308. The average molecular weight is 261 g/mol. The number of amides is 3. The Morgan fingerprint density at radius 1 is 1.11 bits per heavy atom. The number of hydrogen-bond acceptors (Lipinski definition) is 4. The van der Waals surface area contributed by atoms with E-state index < -0.39 is 0 Å². The highest BCUT2D eigenvalue weighted by atomic mass is 16.2. The normalized spacial score (nSPS) is 13.6. The molecule has 1 aromatic rings. The minimum atomic E-state index is -0.260. The van der Waals surface area contributed by atoms with Crippen LogP contribution in [0.1, 0.15) is 40.0 Å². The van der Waals surface area contributed by atoms with E-state index in [-0.39, 0.29) is 17.7 Å². The second-order valence-electron chi connectivity index (χ2n) is 4.33. The fourth-order valence-electron chi connectivity index (χ4n) is 2.07. The molecule has 1 heterocycles. The van der Waals surface area contributed by atoms with Gasteiger partial charge in [-0.15, -0.1) is 0 Å². The summed E-state index contributed by atoms with van der Waals surface area (Å²) >= 11 is 0. The first-order valence-electron chi connectivity index (χ1n) is 6.10. The van der Waals surface area contributed by atoms with Crippen molar-refractivity contribution in [2.75, 3.05) is 6.54 Å². The molecular weight excluding hydrogens is 246 g/mol. The number of nitrogens with one attached hydrogen (secondary N) is 1. The van der Waals surface area contributed by atoms with Crippen molar-refractivity contribution in [3.05, 3.63) is 35.4 Å². The highest BCUT2D eigenvalue weighted by Crippen LogP contribution is 2.22. The zero-order valence-corrected chi connectivity index (χ0v) is 10.4. The lowest BCUT2D eigenvalue weighted by molar-refractivity contribution is -0.121. The maximum atomic E-state index is 12.0. The number of carbonyl (C=O) groups excluding carboxylic acids is 3. The van der Waals surface area contributed by atoms with Gasteiger partial charge >= 0.3 is 0 Å². The van der Waals surface area contributed by atoms with Gasteiger partial charge in [-0.2, -0.15) is 0 Å². The van der Waals surface area contributed by atoms with Crippen molar-refractivity contribution in [3.63, 3.8) is 0 Å². The molecule has 6 heteroatoms. The molecule has 0 saturated heterocycles. The molecule has 1 aromatic carbocycles. The van der Waals surface area contributed by atoms with E-state index in [0.29, 0.717) is 36.9 Å². The van der Waals surface area contributed by atoms with Gasteiger partial charge in [0.15, 0.2) is 0 Å². The van der Waals surface area contributed by atoms with Crippen LogP contribution in [0.25, 0.3) is 0 Å². The molecule has 0 atom stereocenters. The lowest BCUT2D eigenvalue weighted by atomic mass is 10.1. The summed E-state index contributed by atoms with van der Waals surface area (Å²) in [5.74, 6) is 4.19. The Kier molecular flexibility index (Phi) is 3.91. The van der Waals surface area contributed by atoms with Crippen molar-refractivity contribution in [2.24, 2.45) is 5.84 Å². The Labute approximate surface area is 110 Å². The number of unbranched alkanes of at least 4 members (excludes halogenated alkanes) is 1. The minimum Gasteiger partial charge on any atom is -0.294 e. The van der Waals surface area contributed by atoms with Crippen LogP contribution < -0.4 is 11.3 Å². The molecule has 1 aliphatic rings. The molecule has 3 amide bonds. The molecule has 3 N–H and O–H groups in total. The van der Waals surface area contributed by atoms with Crippen LogP contribution in [0.5, 0.6) is 0 Å². The van der Waals surface area contributed by atoms with Gasteiger partial charge in [-0.05, 0) is 25.0 Å². The molecule has 0 unspecified atom stereocenters. The van der Waals surface area contributed by atoms with Crippen molar-refractivity contribution in [2.45, 2.75) is 19.3 Å². The maximum absolute atomic E-state index is 12.0. The van der Waals surface area contributed by atoms with E-state index in [1.165, 1.54) is 4.90 Å². The Bertz CT molecular complexity index is 493. The standard InChI is InChI=1S/C13H15N3O3/c14-15-11(17)7-3-4-8-16-12(18)9-5-1-2-6-10(9)13(16)19/h1-2,5-6H,3-4,7-8,14H2,(H,15,17). The first-order valence-corrected chi connectivity index (χ1v) is 6.10.